The molecule has 0 saturated heterocycles. The molecular weight excluding hydrogens is 238 g/mol. The topological polar surface area (TPSA) is 72.5 Å². The largest absolute Gasteiger partial charge is 0.396 e. The van der Waals surface area contributed by atoms with Crippen LogP contribution < -0.4 is 5.73 Å². The minimum Gasteiger partial charge on any atom is -0.396 e. The van der Waals surface area contributed by atoms with Crippen molar-refractivity contribution in [2.24, 2.45) is 5.92 Å². The van der Waals surface area contributed by atoms with Gasteiger partial charge in [-0.05, 0) is 18.1 Å². The van der Waals surface area contributed by atoms with Gasteiger partial charge in [-0.25, -0.2) is 0 Å². The number of fused-ring (bicyclic) bond motifs is 1. The fourth-order valence-electron chi connectivity index (χ4n) is 2.27. The van der Waals surface area contributed by atoms with Crippen molar-refractivity contribution in [3.05, 3.63) is 30.7 Å². The average molecular weight is 255 g/mol. The second kappa shape index (κ2) is 4.42. The van der Waals surface area contributed by atoms with Crippen LogP contribution >= 0.6 is 0 Å². The molecule has 0 bridgehead atoms. The number of aromatic amines is 1. The summed E-state index contributed by atoms with van der Waals surface area (Å²) in [4.78, 5) is 4.44. The summed E-state index contributed by atoms with van der Waals surface area (Å²) in [6.45, 7) is 5.41. The highest BCUT2D eigenvalue weighted by molar-refractivity contribution is 5.84. The third-order valence-electron chi connectivity index (χ3n) is 3.14. The lowest BCUT2D eigenvalue weighted by Gasteiger charge is -2.09. The molecule has 3 heterocycles. The van der Waals surface area contributed by atoms with Gasteiger partial charge in [-0.15, -0.1) is 0 Å². The van der Waals surface area contributed by atoms with Crippen LogP contribution in [0, 0.1) is 5.92 Å². The van der Waals surface area contributed by atoms with Gasteiger partial charge in [0.15, 0.2) is 0 Å². The van der Waals surface area contributed by atoms with Gasteiger partial charge in [-0.3, -0.25) is 10.1 Å². The van der Waals surface area contributed by atoms with Crippen molar-refractivity contribution in [1.29, 1.82) is 0 Å². The lowest BCUT2D eigenvalue weighted by atomic mass is 10.2. The van der Waals surface area contributed by atoms with E-state index in [0.29, 0.717) is 11.6 Å². The predicted molar refractivity (Wildman–Crippen MR) is 76.6 cm³/mol. The number of nitrogens with two attached hydrogens (primary N) is 1. The van der Waals surface area contributed by atoms with E-state index in [1.165, 1.54) is 5.52 Å². The lowest BCUT2D eigenvalue weighted by Crippen LogP contribution is -2.02. The first-order valence-electron chi connectivity index (χ1n) is 6.39. The van der Waals surface area contributed by atoms with Crippen LogP contribution in [0.1, 0.15) is 13.8 Å². The van der Waals surface area contributed by atoms with E-state index >= 15 is 0 Å². The van der Waals surface area contributed by atoms with Gasteiger partial charge in [0.1, 0.15) is 5.69 Å². The summed E-state index contributed by atoms with van der Waals surface area (Å²) < 4.78 is 2.25. The minimum atomic E-state index is 0.601. The zero-order valence-corrected chi connectivity index (χ0v) is 11.1. The quantitative estimate of drug-likeness (QED) is 0.755. The van der Waals surface area contributed by atoms with Gasteiger partial charge >= 0.3 is 0 Å². The Morgan fingerprint density at radius 2 is 2.21 bits per heavy atom. The van der Waals surface area contributed by atoms with Crippen LogP contribution in [-0.2, 0) is 6.54 Å². The second-order valence-electron chi connectivity index (χ2n) is 5.19. The van der Waals surface area contributed by atoms with E-state index in [0.717, 1.165) is 23.3 Å². The normalized spacial score (nSPS) is 11.5. The molecule has 5 nitrogen and oxygen atoms in total. The summed E-state index contributed by atoms with van der Waals surface area (Å²) >= 11 is 0. The third kappa shape index (κ3) is 2.07. The highest BCUT2D eigenvalue weighted by Gasteiger charge is 2.09. The Balaban J connectivity index is 2.11. The van der Waals surface area contributed by atoms with Crippen LogP contribution in [0.25, 0.3) is 22.3 Å². The smallest absolute Gasteiger partial charge is 0.106 e. The van der Waals surface area contributed by atoms with Crippen LogP contribution in [0.4, 0.5) is 5.69 Å². The highest BCUT2D eigenvalue weighted by atomic mass is 15.1. The van der Waals surface area contributed by atoms with Crippen molar-refractivity contribution in [1.82, 2.24) is 19.7 Å². The van der Waals surface area contributed by atoms with E-state index in [-0.39, 0.29) is 0 Å². The summed E-state index contributed by atoms with van der Waals surface area (Å²) in [5, 5.41) is 7.97. The second-order valence-corrected chi connectivity index (χ2v) is 5.19. The summed E-state index contributed by atoms with van der Waals surface area (Å²) in [6.07, 6.45) is 5.59. The third-order valence-corrected chi connectivity index (χ3v) is 3.14. The number of H-pyrrole nitrogens is 1. The zero-order chi connectivity index (χ0) is 13.4. The minimum absolute atomic E-state index is 0.601. The molecule has 3 aromatic heterocycles. The molecule has 3 aromatic rings. The van der Waals surface area contributed by atoms with Gasteiger partial charge in [0.2, 0.25) is 0 Å². The molecule has 3 N–H and O–H groups in total. The van der Waals surface area contributed by atoms with Crippen LogP contribution in [0.2, 0.25) is 0 Å². The summed E-state index contributed by atoms with van der Waals surface area (Å²) in [5.41, 5.74) is 9.27. The fourth-order valence-corrected chi connectivity index (χ4v) is 2.27. The summed E-state index contributed by atoms with van der Waals surface area (Å²) in [5.74, 6) is 0.601. The maximum absolute atomic E-state index is 5.87. The molecule has 3 rings (SSSR count). The van der Waals surface area contributed by atoms with Crippen LogP contribution in [0.15, 0.2) is 30.7 Å². The first-order chi connectivity index (χ1) is 9.15. The standard InChI is InChI=1S/C14H17N5/c1-9(2)8-19-4-3-10-6-16-12(5-13(10)19)14-11(15)7-17-18-14/h3-7,9H,8,15H2,1-2H3,(H,17,18). The molecule has 0 fully saturated rings. The van der Waals surface area contributed by atoms with Crippen LogP contribution in [0.5, 0.6) is 0 Å². The number of aromatic nitrogens is 4. The Morgan fingerprint density at radius 1 is 1.37 bits per heavy atom. The number of rotatable bonds is 3. The fraction of sp³-hybridized carbons (Fsp3) is 0.286. The summed E-state index contributed by atoms with van der Waals surface area (Å²) in [7, 11) is 0. The average Bonchev–Trinajstić information content (AvgIpc) is 2.95. The molecule has 5 heteroatoms. The highest BCUT2D eigenvalue weighted by Crippen LogP contribution is 2.25. The van der Waals surface area contributed by atoms with Gasteiger partial charge in [0, 0.05) is 24.3 Å². The predicted octanol–water partition coefficient (Wildman–Crippen LogP) is 2.66. The van der Waals surface area contributed by atoms with E-state index in [4.69, 9.17) is 5.73 Å². The molecule has 0 atom stereocenters. The molecule has 0 spiro atoms. The van der Waals surface area contributed by atoms with Crippen molar-refractivity contribution in [2.75, 3.05) is 5.73 Å². The van der Waals surface area contributed by atoms with Gasteiger partial charge in [-0.2, -0.15) is 5.10 Å². The molecule has 0 aromatic carbocycles. The number of nitrogen functional groups attached to an aromatic ring is 1. The number of hydrogen-bond donors (Lipinski definition) is 2. The lowest BCUT2D eigenvalue weighted by molar-refractivity contribution is 0.535. The first-order valence-corrected chi connectivity index (χ1v) is 6.39. The maximum atomic E-state index is 5.87. The molecule has 0 aliphatic heterocycles. The molecule has 0 aliphatic rings. The molecule has 19 heavy (non-hydrogen) atoms. The number of nitrogens with zero attached hydrogens (tertiary/aromatic N) is 3. The Bertz CT molecular complexity index is 708. The molecular formula is C14H17N5. The van der Waals surface area contributed by atoms with E-state index in [1.54, 1.807) is 6.20 Å². The van der Waals surface area contributed by atoms with Crippen LogP contribution in [0.3, 0.4) is 0 Å². The number of hydrogen-bond acceptors (Lipinski definition) is 3. The van der Waals surface area contributed by atoms with E-state index in [1.807, 2.05) is 6.20 Å². The number of nitrogens with one attached hydrogen (secondary N) is 1. The molecule has 0 saturated carbocycles. The molecule has 98 valence electrons. The molecule has 0 radical (unpaired) electrons. The Hall–Kier alpha value is -2.30. The Labute approximate surface area is 111 Å². The first kappa shape index (κ1) is 11.8. The van der Waals surface area contributed by atoms with E-state index in [2.05, 4.69) is 51.9 Å². The zero-order valence-electron chi connectivity index (χ0n) is 11.1. The molecule has 0 amide bonds. The molecule has 0 unspecified atom stereocenters. The van der Waals surface area contributed by atoms with Crippen molar-refractivity contribution < 1.29 is 0 Å². The monoisotopic (exact) mass is 255 g/mol. The number of pyridine rings is 1. The van der Waals surface area contributed by atoms with Crippen molar-refractivity contribution in [3.63, 3.8) is 0 Å². The maximum Gasteiger partial charge on any atom is 0.106 e. The van der Waals surface area contributed by atoms with Gasteiger partial charge in [0.25, 0.3) is 0 Å². The summed E-state index contributed by atoms with van der Waals surface area (Å²) in [6, 6.07) is 4.15. The number of anilines is 1. The molecule has 0 aliphatic carbocycles. The van der Waals surface area contributed by atoms with Crippen LogP contribution in [-0.4, -0.2) is 19.7 Å². The van der Waals surface area contributed by atoms with Gasteiger partial charge < -0.3 is 10.3 Å². The van der Waals surface area contributed by atoms with Crippen molar-refractivity contribution in [3.8, 4) is 11.4 Å². The van der Waals surface area contributed by atoms with E-state index in [9.17, 15) is 0 Å². The van der Waals surface area contributed by atoms with Crippen molar-refractivity contribution >= 4 is 16.6 Å². The van der Waals surface area contributed by atoms with Crippen molar-refractivity contribution in [2.45, 2.75) is 20.4 Å². The Kier molecular flexibility index (Phi) is 2.74. The van der Waals surface area contributed by atoms with Gasteiger partial charge in [-0.1, -0.05) is 13.8 Å². The Morgan fingerprint density at radius 3 is 2.89 bits per heavy atom. The van der Waals surface area contributed by atoms with E-state index < -0.39 is 0 Å². The SMILES string of the molecule is CC(C)Cn1ccc2cnc(-c3[nH]ncc3N)cc21. The van der Waals surface area contributed by atoms with Gasteiger partial charge in [0.05, 0.1) is 23.1 Å².